The van der Waals surface area contributed by atoms with E-state index >= 15 is 0 Å². The van der Waals surface area contributed by atoms with Gasteiger partial charge in [-0.05, 0) is 44.9 Å². The average molecular weight is 331 g/mol. The van der Waals surface area contributed by atoms with Crippen LogP contribution in [0.15, 0.2) is 24.4 Å². The van der Waals surface area contributed by atoms with Crippen LogP contribution in [0.1, 0.15) is 26.3 Å². The van der Waals surface area contributed by atoms with Crippen molar-refractivity contribution in [3.05, 3.63) is 30.0 Å². The van der Waals surface area contributed by atoms with Gasteiger partial charge >= 0.3 is 0 Å². The molecule has 2 aromatic rings. The predicted octanol–water partition coefficient (Wildman–Crippen LogP) is 2.75. The summed E-state index contributed by atoms with van der Waals surface area (Å²) in [6.07, 6.45) is 2.42. The summed E-state index contributed by atoms with van der Waals surface area (Å²) in [5.74, 6) is 2.66. The second kappa shape index (κ2) is 7.81. The van der Waals surface area contributed by atoms with Gasteiger partial charge in [0, 0.05) is 12.1 Å². The molecule has 1 aromatic carbocycles. The van der Waals surface area contributed by atoms with Gasteiger partial charge in [0.25, 0.3) is 0 Å². The fourth-order valence-corrected chi connectivity index (χ4v) is 2.18. The van der Waals surface area contributed by atoms with E-state index in [4.69, 9.17) is 9.47 Å². The second-order valence-corrected chi connectivity index (χ2v) is 6.41. The normalized spacial score (nSPS) is 11.0. The van der Waals surface area contributed by atoms with Crippen molar-refractivity contribution in [3.8, 4) is 11.5 Å². The van der Waals surface area contributed by atoms with Crippen molar-refractivity contribution >= 4 is 11.8 Å². The molecule has 0 fully saturated rings. The number of ether oxygens (including phenoxy) is 2. The lowest BCUT2D eigenvalue weighted by molar-refractivity contribution is 0.354. The van der Waals surface area contributed by atoms with Crippen molar-refractivity contribution < 1.29 is 9.47 Å². The van der Waals surface area contributed by atoms with Gasteiger partial charge in [0.05, 0.1) is 20.4 Å². The summed E-state index contributed by atoms with van der Waals surface area (Å²) in [7, 11) is 3.26. The summed E-state index contributed by atoms with van der Waals surface area (Å²) in [6.45, 7) is 6.90. The van der Waals surface area contributed by atoms with Crippen LogP contribution in [0.3, 0.4) is 0 Å². The van der Waals surface area contributed by atoms with Gasteiger partial charge in [0.1, 0.15) is 0 Å². The van der Waals surface area contributed by atoms with Crippen LogP contribution in [-0.2, 0) is 6.42 Å². The summed E-state index contributed by atoms with van der Waals surface area (Å²) in [5, 5.41) is 14.4. The van der Waals surface area contributed by atoms with E-state index < -0.39 is 0 Å². The number of anilines is 2. The summed E-state index contributed by atoms with van der Waals surface area (Å²) in [4.78, 5) is 4.41. The molecule has 0 aliphatic rings. The van der Waals surface area contributed by atoms with Crippen LogP contribution < -0.4 is 20.1 Å². The van der Waals surface area contributed by atoms with Crippen molar-refractivity contribution in [1.29, 1.82) is 0 Å². The molecule has 0 amide bonds. The zero-order valence-electron chi connectivity index (χ0n) is 14.9. The maximum Gasteiger partial charge on any atom is 0.244 e. The van der Waals surface area contributed by atoms with E-state index in [1.54, 1.807) is 20.4 Å². The number of benzene rings is 1. The quantitative estimate of drug-likeness (QED) is 0.807. The Morgan fingerprint density at radius 1 is 1.08 bits per heavy atom. The Hall–Kier alpha value is -2.57. The molecule has 1 aromatic heterocycles. The van der Waals surface area contributed by atoms with Crippen molar-refractivity contribution in [2.75, 3.05) is 31.4 Å². The fourth-order valence-electron chi connectivity index (χ4n) is 2.18. The molecule has 2 N–H and O–H groups in total. The molecule has 130 valence electrons. The van der Waals surface area contributed by atoms with Crippen LogP contribution in [0, 0.1) is 0 Å². The van der Waals surface area contributed by atoms with Crippen LogP contribution >= 0.6 is 0 Å². The van der Waals surface area contributed by atoms with Gasteiger partial charge in [0.15, 0.2) is 17.3 Å². The maximum atomic E-state index is 5.32. The van der Waals surface area contributed by atoms with Crippen LogP contribution in [0.25, 0.3) is 0 Å². The highest BCUT2D eigenvalue weighted by Crippen LogP contribution is 2.27. The van der Waals surface area contributed by atoms with E-state index in [-0.39, 0.29) is 5.54 Å². The Labute approximate surface area is 142 Å². The number of rotatable bonds is 7. The van der Waals surface area contributed by atoms with Crippen LogP contribution in [-0.4, -0.2) is 41.5 Å². The molecule has 7 heteroatoms. The Morgan fingerprint density at radius 2 is 1.83 bits per heavy atom. The van der Waals surface area contributed by atoms with E-state index in [9.17, 15) is 0 Å². The highest BCUT2D eigenvalue weighted by Gasteiger charge is 2.11. The number of hydrogen-bond acceptors (Lipinski definition) is 7. The van der Waals surface area contributed by atoms with Crippen molar-refractivity contribution in [2.45, 2.75) is 32.7 Å². The van der Waals surface area contributed by atoms with Crippen LogP contribution in [0.5, 0.6) is 11.5 Å². The van der Waals surface area contributed by atoms with E-state index in [0.29, 0.717) is 18.3 Å². The third-order valence-electron chi connectivity index (χ3n) is 3.21. The topological polar surface area (TPSA) is 81.2 Å². The molecule has 0 unspecified atom stereocenters. The molecule has 24 heavy (non-hydrogen) atoms. The lowest BCUT2D eigenvalue weighted by Crippen LogP contribution is -2.27. The lowest BCUT2D eigenvalue weighted by atomic mass is 10.1. The van der Waals surface area contributed by atoms with E-state index in [2.05, 4.69) is 46.6 Å². The molecule has 0 bridgehead atoms. The van der Waals surface area contributed by atoms with Gasteiger partial charge < -0.3 is 20.1 Å². The molecular weight excluding hydrogens is 306 g/mol. The van der Waals surface area contributed by atoms with Crippen molar-refractivity contribution in [2.24, 2.45) is 0 Å². The third kappa shape index (κ3) is 5.26. The molecule has 7 nitrogen and oxygen atoms in total. The minimum atomic E-state index is -0.0764. The first kappa shape index (κ1) is 17.8. The zero-order chi connectivity index (χ0) is 17.6. The minimum absolute atomic E-state index is 0.0764. The third-order valence-corrected chi connectivity index (χ3v) is 3.21. The first-order valence-corrected chi connectivity index (χ1v) is 7.84. The smallest absolute Gasteiger partial charge is 0.244 e. The van der Waals surface area contributed by atoms with E-state index in [0.717, 1.165) is 23.5 Å². The number of nitrogens with one attached hydrogen (secondary N) is 2. The summed E-state index contributed by atoms with van der Waals surface area (Å²) in [5.41, 5.74) is 1.06. The molecule has 0 saturated carbocycles. The van der Waals surface area contributed by atoms with Crippen LogP contribution in [0.4, 0.5) is 11.8 Å². The monoisotopic (exact) mass is 331 g/mol. The highest BCUT2D eigenvalue weighted by molar-refractivity contribution is 5.43. The molecule has 2 rings (SSSR count). The zero-order valence-corrected chi connectivity index (χ0v) is 14.9. The standard InChI is InChI=1S/C17H25N5O2/c1-17(2,3)21-15-11-19-22-16(20-15)18-9-8-12-6-7-13(23-4)14(10-12)24-5/h6-7,10-11H,8-9H2,1-5H3,(H2,18,20,21,22). The van der Waals surface area contributed by atoms with Gasteiger partial charge in [0.2, 0.25) is 5.95 Å². The minimum Gasteiger partial charge on any atom is -0.493 e. The molecule has 0 spiro atoms. The van der Waals surface area contributed by atoms with Gasteiger partial charge in [-0.3, -0.25) is 0 Å². The van der Waals surface area contributed by atoms with Crippen LogP contribution in [0.2, 0.25) is 0 Å². The van der Waals surface area contributed by atoms with Gasteiger partial charge in [-0.25, -0.2) is 0 Å². The number of methoxy groups -OCH3 is 2. The first-order chi connectivity index (χ1) is 11.4. The number of nitrogens with zero attached hydrogens (tertiary/aromatic N) is 3. The second-order valence-electron chi connectivity index (χ2n) is 6.41. The molecule has 0 atom stereocenters. The van der Waals surface area contributed by atoms with E-state index in [1.807, 2.05) is 18.2 Å². The lowest BCUT2D eigenvalue weighted by Gasteiger charge is -2.20. The number of hydrogen-bond donors (Lipinski definition) is 2. The largest absolute Gasteiger partial charge is 0.493 e. The summed E-state index contributed by atoms with van der Waals surface area (Å²) < 4.78 is 10.6. The van der Waals surface area contributed by atoms with Gasteiger partial charge in [-0.15, -0.1) is 5.10 Å². The molecular formula is C17H25N5O2. The molecule has 1 heterocycles. The highest BCUT2D eigenvalue weighted by atomic mass is 16.5. The Bertz CT molecular complexity index is 670. The fraction of sp³-hybridized carbons (Fsp3) is 0.471. The maximum absolute atomic E-state index is 5.32. The SMILES string of the molecule is COc1ccc(CCNc2nncc(NC(C)(C)C)n2)cc1OC. The van der Waals surface area contributed by atoms with Crippen molar-refractivity contribution in [3.63, 3.8) is 0 Å². The van der Waals surface area contributed by atoms with Crippen molar-refractivity contribution in [1.82, 2.24) is 15.2 Å². The molecule has 0 aliphatic carbocycles. The Balaban J connectivity index is 1.93. The summed E-state index contributed by atoms with van der Waals surface area (Å²) >= 11 is 0. The van der Waals surface area contributed by atoms with E-state index in [1.165, 1.54) is 0 Å². The first-order valence-electron chi connectivity index (χ1n) is 7.84. The summed E-state index contributed by atoms with van der Waals surface area (Å²) in [6, 6.07) is 5.89. The predicted molar refractivity (Wildman–Crippen MR) is 94.9 cm³/mol. The Morgan fingerprint density at radius 3 is 2.50 bits per heavy atom. The Kier molecular flexibility index (Phi) is 5.78. The average Bonchev–Trinajstić information content (AvgIpc) is 2.53. The number of aromatic nitrogens is 3. The molecule has 0 saturated heterocycles. The molecule has 0 aliphatic heterocycles. The van der Waals surface area contributed by atoms with Gasteiger partial charge in [-0.2, -0.15) is 10.1 Å². The molecule has 0 radical (unpaired) electrons. The van der Waals surface area contributed by atoms with Gasteiger partial charge in [-0.1, -0.05) is 6.07 Å².